The van der Waals surface area contributed by atoms with Crippen LogP contribution in [0.4, 0.5) is 0 Å². The van der Waals surface area contributed by atoms with E-state index < -0.39 is 0 Å². The first kappa shape index (κ1) is 8.08. The van der Waals surface area contributed by atoms with Crippen LogP contribution in [0, 0.1) is 0 Å². The van der Waals surface area contributed by atoms with E-state index in [0.717, 1.165) is 38.2 Å². The van der Waals surface area contributed by atoms with Crippen LogP contribution in [0.2, 0.25) is 0 Å². The summed E-state index contributed by atoms with van der Waals surface area (Å²) in [4.78, 5) is 2.27. The maximum atomic E-state index is 5.79. The van der Waals surface area contributed by atoms with Crippen LogP contribution in [0.5, 0.6) is 0 Å². The van der Waals surface area contributed by atoms with Crippen LogP contribution in [-0.2, 0) is 4.74 Å². The van der Waals surface area contributed by atoms with E-state index in [9.17, 15) is 0 Å². The zero-order valence-electron chi connectivity index (χ0n) is 7.60. The van der Waals surface area contributed by atoms with Crippen molar-refractivity contribution in [1.82, 2.24) is 10.2 Å². The molecule has 3 nitrogen and oxygen atoms in total. The summed E-state index contributed by atoms with van der Waals surface area (Å²) >= 11 is 0. The van der Waals surface area contributed by atoms with Gasteiger partial charge in [0.25, 0.3) is 0 Å². The van der Waals surface area contributed by atoms with Crippen LogP contribution in [0.25, 0.3) is 0 Å². The minimum absolute atomic E-state index is 0.0255. The van der Waals surface area contributed by atoms with Gasteiger partial charge in [0.1, 0.15) is 5.76 Å². The molecule has 68 valence electrons. The van der Waals surface area contributed by atoms with E-state index in [4.69, 9.17) is 4.74 Å². The van der Waals surface area contributed by atoms with Gasteiger partial charge in [0.2, 0.25) is 0 Å². The lowest BCUT2D eigenvalue weighted by Gasteiger charge is -2.37. The number of nitrogens with one attached hydrogen (secondary N) is 1. The predicted molar refractivity (Wildman–Crippen MR) is 47.7 cm³/mol. The summed E-state index contributed by atoms with van der Waals surface area (Å²) in [6.45, 7) is 6.87. The fraction of sp³-hybridized carbons (Fsp3) is 0.778. The smallest absolute Gasteiger partial charge is 0.165 e. The largest absolute Gasteiger partial charge is 0.476 e. The molecule has 0 aliphatic carbocycles. The Labute approximate surface area is 73.4 Å². The molecule has 0 aromatic heterocycles. The molecule has 0 atom stereocenters. The molecule has 2 aliphatic rings. The summed E-state index contributed by atoms with van der Waals surface area (Å²) < 4.78 is 5.79. The second-order valence-electron chi connectivity index (χ2n) is 3.69. The third kappa shape index (κ3) is 1.13. The number of ether oxygens (including phenoxy) is 1. The highest BCUT2D eigenvalue weighted by Crippen LogP contribution is 2.34. The van der Waals surface area contributed by atoms with E-state index in [1.807, 2.05) is 0 Å². The average Bonchev–Trinajstić information content (AvgIpc) is 2.29. The first-order valence-electron chi connectivity index (χ1n) is 4.52. The molecule has 1 N–H and O–H groups in total. The van der Waals surface area contributed by atoms with Crippen molar-refractivity contribution in [3.8, 4) is 0 Å². The van der Waals surface area contributed by atoms with Crippen LogP contribution in [-0.4, -0.2) is 37.3 Å². The third-order valence-corrected chi connectivity index (χ3v) is 2.83. The maximum absolute atomic E-state index is 5.79. The lowest BCUT2D eigenvalue weighted by Crippen LogP contribution is -2.50. The van der Waals surface area contributed by atoms with Gasteiger partial charge in [0, 0.05) is 25.9 Å². The van der Waals surface area contributed by atoms with E-state index in [1.54, 1.807) is 0 Å². The Bertz CT molecular complexity index is 197. The first-order valence-corrected chi connectivity index (χ1v) is 4.52. The molecule has 0 radical (unpaired) electrons. The lowest BCUT2D eigenvalue weighted by atomic mass is 10.0. The molecule has 2 aliphatic heterocycles. The molecule has 12 heavy (non-hydrogen) atoms. The van der Waals surface area contributed by atoms with Gasteiger partial charge in [-0.15, -0.1) is 0 Å². The van der Waals surface area contributed by atoms with Crippen molar-refractivity contribution in [3.63, 3.8) is 0 Å². The molecular weight excluding hydrogens is 152 g/mol. The Morgan fingerprint density at radius 2 is 2.17 bits per heavy atom. The fourth-order valence-electron chi connectivity index (χ4n) is 2.09. The molecule has 0 aromatic carbocycles. The Kier molecular flexibility index (Phi) is 1.85. The summed E-state index contributed by atoms with van der Waals surface area (Å²) in [5.41, 5.74) is -0.0255. The topological polar surface area (TPSA) is 24.5 Å². The van der Waals surface area contributed by atoms with Crippen LogP contribution >= 0.6 is 0 Å². The minimum Gasteiger partial charge on any atom is -0.476 e. The summed E-state index contributed by atoms with van der Waals surface area (Å²) in [5.74, 6) is 0.916. The average molecular weight is 168 g/mol. The number of rotatable bonds is 0. The molecule has 1 spiro atoms. The summed E-state index contributed by atoms with van der Waals surface area (Å²) in [6.07, 6.45) is 2.14. The normalized spacial score (nSPS) is 29.2. The molecular formula is C9H16N2O. The van der Waals surface area contributed by atoms with Gasteiger partial charge in [-0.3, -0.25) is 4.90 Å². The summed E-state index contributed by atoms with van der Waals surface area (Å²) in [7, 11) is 2.11. The highest BCUT2D eigenvalue weighted by Gasteiger charge is 2.43. The fourth-order valence-corrected chi connectivity index (χ4v) is 2.09. The van der Waals surface area contributed by atoms with Gasteiger partial charge in [0.05, 0.1) is 6.54 Å². The predicted octanol–water partition coefficient (Wildman–Crippen LogP) is 0.542. The molecule has 0 bridgehead atoms. The van der Waals surface area contributed by atoms with Crippen LogP contribution in [0.3, 0.4) is 0 Å². The number of likely N-dealkylation sites (N-methyl/N-ethyl adjacent to an activating group) is 1. The molecule has 2 saturated heterocycles. The van der Waals surface area contributed by atoms with Gasteiger partial charge in [-0.1, -0.05) is 6.58 Å². The molecule has 0 amide bonds. The monoisotopic (exact) mass is 168 g/mol. The zero-order valence-corrected chi connectivity index (χ0v) is 7.60. The number of piperidine rings is 1. The van der Waals surface area contributed by atoms with Crippen molar-refractivity contribution >= 4 is 0 Å². The van der Waals surface area contributed by atoms with E-state index in [1.165, 1.54) is 0 Å². The van der Waals surface area contributed by atoms with Crippen LogP contribution in [0.15, 0.2) is 12.3 Å². The third-order valence-electron chi connectivity index (χ3n) is 2.83. The molecule has 0 saturated carbocycles. The van der Waals surface area contributed by atoms with E-state index >= 15 is 0 Å². The van der Waals surface area contributed by atoms with Crippen LogP contribution in [0.1, 0.15) is 12.8 Å². The van der Waals surface area contributed by atoms with Crippen LogP contribution < -0.4 is 5.32 Å². The van der Waals surface area contributed by atoms with Gasteiger partial charge in [0.15, 0.2) is 5.72 Å². The van der Waals surface area contributed by atoms with Crippen molar-refractivity contribution in [2.75, 3.05) is 26.7 Å². The van der Waals surface area contributed by atoms with Gasteiger partial charge >= 0.3 is 0 Å². The number of hydrogen-bond donors (Lipinski definition) is 1. The molecule has 0 unspecified atom stereocenters. The SMILES string of the molecule is C=C1CN(C)C2(CCNCC2)O1. The van der Waals surface area contributed by atoms with Gasteiger partial charge < -0.3 is 10.1 Å². The molecule has 2 heterocycles. The van der Waals surface area contributed by atoms with Gasteiger partial charge in [-0.25, -0.2) is 0 Å². The molecule has 2 fully saturated rings. The van der Waals surface area contributed by atoms with E-state index in [-0.39, 0.29) is 5.72 Å². The summed E-state index contributed by atoms with van der Waals surface area (Å²) in [6, 6.07) is 0. The standard InChI is InChI=1S/C9H16N2O/c1-8-7-11(2)9(12-8)3-5-10-6-4-9/h10H,1,3-7H2,2H3. The van der Waals surface area contributed by atoms with Crippen molar-refractivity contribution in [2.45, 2.75) is 18.6 Å². The molecule has 3 heteroatoms. The Balaban J connectivity index is 2.13. The van der Waals surface area contributed by atoms with E-state index in [0.29, 0.717) is 0 Å². The van der Waals surface area contributed by atoms with Crippen molar-refractivity contribution in [1.29, 1.82) is 0 Å². The highest BCUT2D eigenvalue weighted by atomic mass is 16.5. The van der Waals surface area contributed by atoms with Gasteiger partial charge in [-0.2, -0.15) is 0 Å². The highest BCUT2D eigenvalue weighted by molar-refractivity contribution is 5.02. The van der Waals surface area contributed by atoms with E-state index in [2.05, 4.69) is 23.8 Å². The van der Waals surface area contributed by atoms with Crippen molar-refractivity contribution in [2.24, 2.45) is 0 Å². The second kappa shape index (κ2) is 2.75. The zero-order chi connectivity index (χ0) is 8.60. The molecule has 0 aromatic rings. The lowest BCUT2D eigenvalue weighted by molar-refractivity contribution is -0.0756. The first-order chi connectivity index (χ1) is 5.73. The Morgan fingerprint density at radius 3 is 2.67 bits per heavy atom. The Morgan fingerprint density at radius 1 is 1.50 bits per heavy atom. The number of hydrogen-bond acceptors (Lipinski definition) is 3. The second-order valence-corrected chi connectivity index (χ2v) is 3.69. The van der Waals surface area contributed by atoms with Crippen molar-refractivity contribution in [3.05, 3.63) is 12.3 Å². The van der Waals surface area contributed by atoms with Gasteiger partial charge in [-0.05, 0) is 7.05 Å². The maximum Gasteiger partial charge on any atom is 0.165 e. The quantitative estimate of drug-likeness (QED) is 0.571. The minimum atomic E-state index is -0.0255. The Hall–Kier alpha value is -0.540. The van der Waals surface area contributed by atoms with Crippen molar-refractivity contribution < 1.29 is 4.74 Å². The number of nitrogens with zero attached hydrogens (tertiary/aromatic N) is 1. The molecule has 2 rings (SSSR count). The summed E-state index contributed by atoms with van der Waals surface area (Å²) in [5, 5.41) is 3.33.